The Hall–Kier alpha value is -3.66. The number of carbonyl (C=O) groups excluding carboxylic acids is 1. The maximum absolute atomic E-state index is 12.7. The molecule has 0 radical (unpaired) electrons. The van der Waals surface area contributed by atoms with Crippen LogP contribution in [0.5, 0.6) is 0 Å². The Bertz CT molecular complexity index is 1090. The quantitative estimate of drug-likeness (QED) is 0.604. The van der Waals surface area contributed by atoms with Crippen molar-refractivity contribution in [3.05, 3.63) is 71.1 Å². The fraction of sp³-hybridized carbons (Fsp3) is 0.167. The number of hydrogen-bond donors (Lipinski definition) is 2. The maximum atomic E-state index is 12.7. The Morgan fingerprint density at radius 1 is 1.18 bits per heavy atom. The van der Waals surface area contributed by atoms with E-state index in [1.165, 1.54) is 10.9 Å². The van der Waals surface area contributed by atoms with E-state index in [4.69, 9.17) is 11.5 Å². The van der Waals surface area contributed by atoms with Gasteiger partial charge in [0.15, 0.2) is 0 Å². The number of nitrogens with zero attached hydrogens (tertiary/aromatic N) is 5. The average molecular weight is 383 g/mol. The number of pyridine rings is 2. The molecular weight excluding hydrogens is 365 g/mol. The summed E-state index contributed by atoms with van der Waals surface area (Å²) in [5.41, 5.74) is 12.5. The summed E-state index contributed by atoms with van der Waals surface area (Å²) in [6.07, 6.45) is 4.85. The van der Waals surface area contributed by atoms with Gasteiger partial charge in [-0.3, -0.25) is 9.78 Å². The van der Waals surface area contributed by atoms with Gasteiger partial charge in [-0.15, -0.1) is 0 Å². The second kappa shape index (κ2) is 8.35. The highest BCUT2D eigenvalue weighted by Crippen LogP contribution is 2.21. The van der Waals surface area contributed by atoms with Crippen molar-refractivity contribution in [2.75, 3.05) is 6.54 Å². The van der Waals surface area contributed by atoms with Gasteiger partial charge in [-0.1, -0.05) is 0 Å². The van der Waals surface area contributed by atoms with Crippen molar-refractivity contribution < 1.29 is 9.18 Å². The molecular formula is C18H18FN7O2. The fourth-order valence-corrected chi connectivity index (χ4v) is 2.60. The molecule has 144 valence electrons. The van der Waals surface area contributed by atoms with Crippen LogP contribution in [0.15, 0.2) is 59.7 Å². The van der Waals surface area contributed by atoms with Crippen molar-refractivity contribution in [2.45, 2.75) is 13.0 Å². The molecule has 0 bridgehead atoms. The lowest BCUT2D eigenvalue weighted by Gasteiger charge is -2.06. The van der Waals surface area contributed by atoms with Gasteiger partial charge in [0.2, 0.25) is 5.91 Å². The van der Waals surface area contributed by atoms with Gasteiger partial charge in [0, 0.05) is 18.9 Å². The van der Waals surface area contributed by atoms with Crippen LogP contribution in [0.2, 0.25) is 0 Å². The Morgan fingerprint density at radius 3 is 2.57 bits per heavy atom. The highest BCUT2D eigenvalue weighted by atomic mass is 19.1. The molecule has 28 heavy (non-hydrogen) atoms. The number of amides is 1. The number of rotatable bonds is 7. The largest absolute Gasteiger partial charge is 0.369 e. The molecule has 0 aromatic carbocycles. The molecule has 0 aliphatic carbocycles. The van der Waals surface area contributed by atoms with E-state index < -0.39 is 11.6 Å². The Balaban J connectivity index is 1.94. The number of primary amides is 1. The summed E-state index contributed by atoms with van der Waals surface area (Å²) >= 11 is 0. The highest BCUT2D eigenvalue weighted by Gasteiger charge is 2.11. The minimum Gasteiger partial charge on any atom is -0.369 e. The van der Waals surface area contributed by atoms with Crippen molar-refractivity contribution >= 4 is 5.91 Å². The Morgan fingerprint density at radius 2 is 1.89 bits per heavy atom. The third kappa shape index (κ3) is 4.18. The minimum absolute atomic E-state index is 0.0147. The molecule has 9 nitrogen and oxygen atoms in total. The Kier molecular flexibility index (Phi) is 5.70. The van der Waals surface area contributed by atoms with Gasteiger partial charge in [-0.05, 0) is 41.0 Å². The molecule has 0 aliphatic heterocycles. The molecule has 3 aromatic rings. The first-order valence-corrected chi connectivity index (χ1v) is 8.34. The van der Waals surface area contributed by atoms with E-state index in [0.717, 1.165) is 15.8 Å². The lowest BCUT2D eigenvalue weighted by Crippen LogP contribution is -2.26. The van der Waals surface area contributed by atoms with Crippen molar-refractivity contribution in [2.24, 2.45) is 11.5 Å². The summed E-state index contributed by atoms with van der Waals surface area (Å²) in [5.74, 6) is -0.126. The van der Waals surface area contributed by atoms with Crippen LogP contribution in [0, 0.1) is 0 Å². The number of hydrogen-bond acceptors (Lipinski definition) is 6. The van der Waals surface area contributed by atoms with E-state index in [1.807, 2.05) is 0 Å². The van der Waals surface area contributed by atoms with Crippen LogP contribution in [-0.2, 0) is 17.8 Å². The van der Waals surface area contributed by atoms with Crippen LogP contribution < -0.4 is 17.2 Å². The lowest BCUT2D eigenvalue weighted by molar-refractivity contribution is -0.117. The maximum Gasteiger partial charge on any atom is 0.351 e. The minimum atomic E-state index is -0.474. The van der Waals surface area contributed by atoms with Crippen LogP contribution in [-0.4, -0.2) is 36.8 Å². The number of carbonyl (C=O) groups is 1. The molecule has 10 heteroatoms. The van der Waals surface area contributed by atoms with E-state index in [2.05, 4.69) is 15.1 Å². The molecule has 3 heterocycles. The summed E-state index contributed by atoms with van der Waals surface area (Å²) in [7, 11) is 0. The van der Waals surface area contributed by atoms with E-state index in [-0.39, 0.29) is 25.1 Å². The zero-order valence-corrected chi connectivity index (χ0v) is 14.8. The molecule has 0 aliphatic rings. The second-order valence-corrected chi connectivity index (χ2v) is 5.99. The van der Waals surface area contributed by atoms with Gasteiger partial charge >= 0.3 is 5.69 Å². The third-order valence-corrected chi connectivity index (χ3v) is 4.00. The van der Waals surface area contributed by atoms with Gasteiger partial charge in [-0.2, -0.15) is 5.10 Å². The SMILES string of the molecule is NC/C(=C\F)Cn1ncn(-c2cc(-c3ccnc(CC(N)=O)c3)ccn2)c1=O. The smallest absolute Gasteiger partial charge is 0.351 e. The van der Waals surface area contributed by atoms with Crippen molar-refractivity contribution in [1.29, 1.82) is 0 Å². The zero-order chi connectivity index (χ0) is 20.1. The normalized spacial score (nSPS) is 11.6. The molecule has 3 aromatic heterocycles. The standard InChI is InChI=1S/C18H18FN7O2/c19-8-12(9-20)10-26-18(28)25(11-24-26)17-6-14(2-4-23-17)13-1-3-22-15(5-13)7-16(21)27/h1-6,8,11H,7,9-10,20H2,(H2,21,27)/b12-8+. The van der Waals surface area contributed by atoms with Gasteiger partial charge in [0.25, 0.3) is 0 Å². The van der Waals surface area contributed by atoms with Crippen LogP contribution in [0.4, 0.5) is 4.39 Å². The average Bonchev–Trinajstić information content (AvgIpc) is 3.06. The molecule has 0 spiro atoms. The molecule has 4 N–H and O–H groups in total. The predicted molar refractivity (Wildman–Crippen MR) is 100.0 cm³/mol. The zero-order valence-electron chi connectivity index (χ0n) is 14.8. The lowest BCUT2D eigenvalue weighted by atomic mass is 10.1. The molecule has 3 rings (SSSR count). The summed E-state index contributed by atoms with van der Waals surface area (Å²) in [5, 5.41) is 3.98. The molecule has 0 saturated heterocycles. The summed E-state index contributed by atoms with van der Waals surface area (Å²) in [4.78, 5) is 32.0. The van der Waals surface area contributed by atoms with Crippen molar-refractivity contribution in [3.8, 4) is 16.9 Å². The van der Waals surface area contributed by atoms with Crippen LogP contribution in [0.1, 0.15) is 5.69 Å². The number of aromatic nitrogens is 5. The van der Waals surface area contributed by atoms with Gasteiger partial charge in [-0.25, -0.2) is 23.4 Å². The topological polar surface area (TPSA) is 135 Å². The van der Waals surface area contributed by atoms with Gasteiger partial charge in [0.1, 0.15) is 12.1 Å². The van der Waals surface area contributed by atoms with E-state index >= 15 is 0 Å². The highest BCUT2D eigenvalue weighted by molar-refractivity contribution is 5.76. The summed E-state index contributed by atoms with van der Waals surface area (Å²) < 4.78 is 15.1. The first-order chi connectivity index (χ1) is 13.5. The predicted octanol–water partition coefficient (Wildman–Crippen LogP) is 0.331. The number of nitrogens with two attached hydrogens (primary N) is 2. The van der Waals surface area contributed by atoms with Crippen LogP contribution >= 0.6 is 0 Å². The number of halogens is 1. The van der Waals surface area contributed by atoms with Crippen LogP contribution in [0.25, 0.3) is 16.9 Å². The summed E-state index contributed by atoms with van der Waals surface area (Å²) in [6, 6.07) is 6.98. The first kappa shape index (κ1) is 19.1. The second-order valence-electron chi connectivity index (χ2n) is 5.99. The van der Waals surface area contributed by atoms with Gasteiger partial charge < -0.3 is 11.5 Å². The molecule has 0 fully saturated rings. The van der Waals surface area contributed by atoms with E-state index in [1.54, 1.807) is 36.7 Å². The molecule has 1 amide bonds. The Labute approximate surface area is 159 Å². The first-order valence-electron chi connectivity index (χ1n) is 8.34. The fourth-order valence-electron chi connectivity index (χ4n) is 2.60. The van der Waals surface area contributed by atoms with Gasteiger partial charge in [0.05, 0.1) is 25.0 Å². The molecule has 0 atom stereocenters. The molecule has 0 saturated carbocycles. The van der Waals surface area contributed by atoms with Crippen molar-refractivity contribution in [1.82, 2.24) is 24.3 Å². The molecule has 0 unspecified atom stereocenters. The monoisotopic (exact) mass is 383 g/mol. The summed E-state index contributed by atoms with van der Waals surface area (Å²) in [6.45, 7) is -0.0570. The van der Waals surface area contributed by atoms with Crippen molar-refractivity contribution in [3.63, 3.8) is 0 Å². The third-order valence-electron chi connectivity index (χ3n) is 4.00. The van der Waals surface area contributed by atoms with E-state index in [9.17, 15) is 14.0 Å². The van der Waals surface area contributed by atoms with Crippen LogP contribution in [0.3, 0.4) is 0 Å². The van der Waals surface area contributed by atoms with E-state index in [0.29, 0.717) is 17.8 Å².